The standard InChI is InChI=1S/C34H44N6O4/c1-3-26-9-4-5-10-29(26)37-34(42)36-27-13-14-30(28(25-27)33(41)35-15-8-16-38-21-23-44-24-22-38)39-17-19-40(20-18-39)31-11-6-7-12-32(31)43-2/h4-7,9-14,25H,3,8,15-24H2,1-2H3,(H,35,41)(H2,36,37,42). The van der Waals surface area contributed by atoms with E-state index in [0.29, 0.717) is 17.8 Å². The SMILES string of the molecule is CCc1ccccc1NC(=O)Nc1ccc(N2CCN(c3ccccc3OC)CC2)c(C(=O)NCCCN2CCOCC2)c1. The zero-order valence-electron chi connectivity index (χ0n) is 25.8. The third-order valence-electron chi connectivity index (χ3n) is 8.23. The van der Waals surface area contributed by atoms with Crippen molar-refractivity contribution in [2.45, 2.75) is 19.8 Å². The number of nitrogens with zero attached hydrogens (tertiary/aromatic N) is 3. The van der Waals surface area contributed by atoms with Gasteiger partial charge in [0.1, 0.15) is 5.75 Å². The lowest BCUT2D eigenvalue weighted by molar-refractivity contribution is 0.0374. The van der Waals surface area contributed by atoms with Crippen molar-refractivity contribution in [2.24, 2.45) is 0 Å². The van der Waals surface area contributed by atoms with E-state index in [4.69, 9.17) is 9.47 Å². The molecule has 0 unspecified atom stereocenters. The minimum atomic E-state index is -0.346. The number of urea groups is 1. The van der Waals surface area contributed by atoms with Gasteiger partial charge in [-0.3, -0.25) is 9.69 Å². The number of para-hydroxylation sites is 3. The molecule has 2 fully saturated rings. The highest BCUT2D eigenvalue weighted by Crippen LogP contribution is 2.31. The Morgan fingerprint density at radius 2 is 1.55 bits per heavy atom. The number of carbonyl (C=O) groups is 2. The van der Waals surface area contributed by atoms with Crippen molar-refractivity contribution in [3.05, 3.63) is 77.9 Å². The Balaban J connectivity index is 1.28. The summed E-state index contributed by atoms with van der Waals surface area (Å²) in [6, 6.07) is 21.0. The summed E-state index contributed by atoms with van der Waals surface area (Å²) < 4.78 is 11.0. The Labute approximate surface area is 260 Å². The van der Waals surface area contributed by atoms with E-state index in [1.165, 1.54) is 0 Å². The van der Waals surface area contributed by atoms with E-state index in [0.717, 1.165) is 100 Å². The van der Waals surface area contributed by atoms with Gasteiger partial charge >= 0.3 is 6.03 Å². The molecule has 0 saturated carbocycles. The van der Waals surface area contributed by atoms with E-state index < -0.39 is 0 Å². The fourth-order valence-electron chi connectivity index (χ4n) is 5.81. The zero-order chi connectivity index (χ0) is 30.7. The van der Waals surface area contributed by atoms with Crippen molar-refractivity contribution in [3.63, 3.8) is 0 Å². The number of benzene rings is 3. The molecule has 3 aromatic rings. The van der Waals surface area contributed by atoms with Crippen molar-refractivity contribution < 1.29 is 19.1 Å². The molecule has 3 amide bonds. The first kappa shape index (κ1) is 31.2. The van der Waals surface area contributed by atoms with Gasteiger partial charge in [-0.2, -0.15) is 0 Å². The van der Waals surface area contributed by atoms with Gasteiger partial charge in [-0.1, -0.05) is 37.3 Å². The predicted molar refractivity (Wildman–Crippen MR) is 177 cm³/mol. The monoisotopic (exact) mass is 600 g/mol. The van der Waals surface area contributed by atoms with Gasteiger partial charge in [-0.25, -0.2) is 4.79 Å². The van der Waals surface area contributed by atoms with Crippen molar-refractivity contribution in [1.29, 1.82) is 0 Å². The maximum atomic E-state index is 13.6. The van der Waals surface area contributed by atoms with Gasteiger partial charge in [-0.15, -0.1) is 0 Å². The van der Waals surface area contributed by atoms with Crippen LogP contribution in [0.1, 0.15) is 29.3 Å². The van der Waals surface area contributed by atoms with Crippen LogP contribution in [0.5, 0.6) is 5.75 Å². The van der Waals surface area contributed by atoms with E-state index in [1.54, 1.807) is 13.2 Å². The van der Waals surface area contributed by atoms with Crippen LogP contribution in [0.2, 0.25) is 0 Å². The molecule has 2 saturated heterocycles. The predicted octanol–water partition coefficient (Wildman–Crippen LogP) is 4.68. The summed E-state index contributed by atoms with van der Waals surface area (Å²) >= 11 is 0. The smallest absolute Gasteiger partial charge is 0.323 e. The van der Waals surface area contributed by atoms with Gasteiger partial charge in [0, 0.05) is 62.9 Å². The van der Waals surface area contributed by atoms with E-state index >= 15 is 0 Å². The van der Waals surface area contributed by atoms with E-state index in [-0.39, 0.29) is 11.9 Å². The molecule has 0 atom stereocenters. The van der Waals surface area contributed by atoms with Gasteiger partial charge in [0.2, 0.25) is 0 Å². The summed E-state index contributed by atoms with van der Waals surface area (Å²) in [5.41, 5.74) is 4.87. The molecule has 2 heterocycles. The first-order valence-electron chi connectivity index (χ1n) is 15.6. The second kappa shape index (κ2) is 15.4. The summed E-state index contributed by atoms with van der Waals surface area (Å²) in [7, 11) is 1.69. The van der Waals surface area contributed by atoms with Gasteiger partial charge < -0.3 is 35.2 Å². The number of methoxy groups -OCH3 is 1. The molecule has 2 aliphatic rings. The van der Waals surface area contributed by atoms with Crippen molar-refractivity contribution in [1.82, 2.24) is 10.2 Å². The first-order chi connectivity index (χ1) is 21.6. The minimum absolute atomic E-state index is 0.144. The van der Waals surface area contributed by atoms with Crippen molar-refractivity contribution in [2.75, 3.05) is 93.1 Å². The number of anilines is 4. The number of ether oxygens (including phenoxy) is 2. The molecule has 44 heavy (non-hydrogen) atoms. The fraction of sp³-hybridized carbons (Fsp3) is 0.412. The molecule has 3 aromatic carbocycles. The average Bonchev–Trinajstić information content (AvgIpc) is 3.07. The second-order valence-corrected chi connectivity index (χ2v) is 11.0. The second-order valence-electron chi connectivity index (χ2n) is 11.0. The lowest BCUT2D eigenvalue weighted by Gasteiger charge is -2.38. The summed E-state index contributed by atoms with van der Waals surface area (Å²) in [6.45, 7) is 10.0. The highest BCUT2D eigenvalue weighted by molar-refractivity contribution is 6.04. The Morgan fingerprint density at radius 1 is 0.841 bits per heavy atom. The summed E-state index contributed by atoms with van der Waals surface area (Å²) in [6.07, 6.45) is 1.67. The molecular weight excluding hydrogens is 556 g/mol. The van der Waals surface area contributed by atoms with Crippen LogP contribution in [-0.2, 0) is 11.2 Å². The number of aryl methyl sites for hydroxylation is 1. The number of amides is 3. The lowest BCUT2D eigenvalue weighted by atomic mass is 10.1. The number of nitrogens with one attached hydrogen (secondary N) is 3. The number of carbonyl (C=O) groups excluding carboxylic acids is 2. The van der Waals surface area contributed by atoms with Gasteiger partial charge in [0.15, 0.2) is 0 Å². The summed E-state index contributed by atoms with van der Waals surface area (Å²) in [5, 5.41) is 9.00. The third-order valence-corrected chi connectivity index (χ3v) is 8.23. The Bertz CT molecular complexity index is 1400. The van der Waals surface area contributed by atoms with Crippen LogP contribution in [0.25, 0.3) is 0 Å². The minimum Gasteiger partial charge on any atom is -0.495 e. The maximum Gasteiger partial charge on any atom is 0.323 e. The van der Waals surface area contributed by atoms with E-state index in [2.05, 4.69) is 43.6 Å². The Morgan fingerprint density at radius 3 is 2.30 bits per heavy atom. The quantitative estimate of drug-likeness (QED) is 0.275. The van der Waals surface area contributed by atoms with Crippen LogP contribution in [-0.4, -0.2) is 89.5 Å². The average molecular weight is 601 g/mol. The van der Waals surface area contributed by atoms with Gasteiger partial charge in [0.05, 0.1) is 31.6 Å². The fourth-order valence-corrected chi connectivity index (χ4v) is 5.81. The topological polar surface area (TPSA) is 98.4 Å². The lowest BCUT2D eigenvalue weighted by Crippen LogP contribution is -2.47. The first-order valence-corrected chi connectivity index (χ1v) is 15.6. The third kappa shape index (κ3) is 8.00. The molecule has 2 aliphatic heterocycles. The molecule has 10 nitrogen and oxygen atoms in total. The molecule has 0 radical (unpaired) electrons. The van der Waals surface area contributed by atoms with E-state index in [1.807, 2.05) is 54.6 Å². The molecule has 10 heteroatoms. The normalized spacial score (nSPS) is 15.5. The van der Waals surface area contributed by atoms with Gasteiger partial charge in [0.25, 0.3) is 5.91 Å². The molecule has 5 rings (SSSR count). The van der Waals surface area contributed by atoms with E-state index in [9.17, 15) is 9.59 Å². The maximum absolute atomic E-state index is 13.6. The number of piperazine rings is 1. The van der Waals surface area contributed by atoms with Crippen LogP contribution < -0.4 is 30.5 Å². The molecule has 0 aromatic heterocycles. The highest BCUT2D eigenvalue weighted by atomic mass is 16.5. The Hall–Kier alpha value is -4.28. The molecule has 0 bridgehead atoms. The van der Waals surface area contributed by atoms with Crippen molar-refractivity contribution in [3.8, 4) is 5.75 Å². The van der Waals surface area contributed by atoms with Gasteiger partial charge in [-0.05, 0) is 61.3 Å². The van der Waals surface area contributed by atoms with Crippen LogP contribution in [0.4, 0.5) is 27.5 Å². The van der Waals surface area contributed by atoms with Crippen molar-refractivity contribution >= 4 is 34.7 Å². The zero-order valence-corrected chi connectivity index (χ0v) is 25.8. The molecular formula is C34H44N6O4. The molecule has 0 spiro atoms. The van der Waals surface area contributed by atoms with Crippen LogP contribution in [0.15, 0.2) is 66.7 Å². The number of morpholine rings is 1. The summed E-state index contributed by atoms with van der Waals surface area (Å²) in [5.74, 6) is 0.711. The van der Waals surface area contributed by atoms with Crippen LogP contribution in [0, 0.1) is 0 Å². The molecule has 3 N–H and O–H groups in total. The summed E-state index contributed by atoms with van der Waals surface area (Å²) in [4.78, 5) is 33.5. The molecule has 0 aliphatic carbocycles. The van der Waals surface area contributed by atoms with Crippen LogP contribution >= 0.6 is 0 Å². The van der Waals surface area contributed by atoms with Crippen LogP contribution in [0.3, 0.4) is 0 Å². The highest BCUT2D eigenvalue weighted by Gasteiger charge is 2.24. The molecule has 234 valence electrons. The number of rotatable bonds is 11. The number of hydrogen-bond donors (Lipinski definition) is 3. The largest absolute Gasteiger partial charge is 0.495 e. The number of hydrogen-bond acceptors (Lipinski definition) is 7. The Kier molecular flexibility index (Phi) is 10.9.